The van der Waals surface area contributed by atoms with Crippen LogP contribution in [-0.4, -0.2) is 30.0 Å². The van der Waals surface area contributed by atoms with Gasteiger partial charge in [-0.15, -0.1) is 0 Å². The topological polar surface area (TPSA) is 85.1 Å². The number of nitrogens with zero attached hydrogens (tertiary/aromatic N) is 2. The number of benzene rings is 1. The van der Waals surface area contributed by atoms with Crippen molar-refractivity contribution < 1.29 is 19.5 Å². The van der Waals surface area contributed by atoms with Crippen molar-refractivity contribution in [2.24, 2.45) is 0 Å². The van der Waals surface area contributed by atoms with Gasteiger partial charge >= 0.3 is 0 Å². The monoisotopic (exact) mass is 252 g/mol. The zero-order valence-electron chi connectivity index (χ0n) is 9.48. The first-order chi connectivity index (χ1) is 8.74. The maximum atomic E-state index is 11.0. The molecule has 96 valence electrons. The predicted octanol–water partition coefficient (Wildman–Crippen LogP) is 1.20. The van der Waals surface area contributed by atoms with Crippen molar-refractivity contribution in [3.05, 3.63) is 46.5 Å². The van der Waals surface area contributed by atoms with E-state index < -0.39 is 4.92 Å². The van der Waals surface area contributed by atoms with E-state index in [4.69, 9.17) is 14.6 Å². The fourth-order valence-electron chi connectivity index (χ4n) is 1.67. The molecular weight excluding hydrogens is 240 g/mol. The van der Waals surface area contributed by atoms with Crippen molar-refractivity contribution in [1.29, 1.82) is 0 Å². The summed E-state index contributed by atoms with van der Waals surface area (Å²) in [5.41, 5.74) is 0.302. The summed E-state index contributed by atoms with van der Waals surface area (Å²) in [7, 11) is 0. The van der Waals surface area contributed by atoms with Crippen LogP contribution in [0.15, 0.2) is 36.4 Å². The summed E-state index contributed by atoms with van der Waals surface area (Å²) < 4.78 is 10.1. The number of aliphatic hydroxyl groups is 1. The molecule has 1 heterocycles. The Morgan fingerprint density at radius 3 is 2.83 bits per heavy atom. The van der Waals surface area contributed by atoms with E-state index >= 15 is 0 Å². The van der Waals surface area contributed by atoms with Gasteiger partial charge in [-0.2, -0.15) is 0 Å². The maximum absolute atomic E-state index is 11.0. The summed E-state index contributed by atoms with van der Waals surface area (Å²) in [5, 5.41) is 20.0. The van der Waals surface area contributed by atoms with Crippen molar-refractivity contribution in [3.8, 4) is 0 Å². The van der Waals surface area contributed by atoms with E-state index in [-0.39, 0.29) is 25.6 Å². The Morgan fingerprint density at radius 1 is 1.44 bits per heavy atom. The average Bonchev–Trinajstić information content (AvgIpc) is 2.89. The molecule has 0 aliphatic carbocycles. The van der Waals surface area contributed by atoms with Gasteiger partial charge in [0, 0.05) is 12.6 Å². The van der Waals surface area contributed by atoms with Crippen molar-refractivity contribution in [1.82, 2.24) is 0 Å². The summed E-state index contributed by atoms with van der Waals surface area (Å²) >= 11 is 0. The van der Waals surface area contributed by atoms with E-state index in [1.165, 1.54) is 17.2 Å². The minimum absolute atomic E-state index is 0.0534. The van der Waals surface area contributed by atoms with Crippen LogP contribution in [0.5, 0.6) is 0 Å². The molecule has 1 aliphatic rings. The second kappa shape index (κ2) is 5.37. The fourth-order valence-corrected chi connectivity index (χ4v) is 1.67. The zero-order chi connectivity index (χ0) is 13.0. The summed E-state index contributed by atoms with van der Waals surface area (Å²) in [4.78, 5) is 12.0. The molecule has 1 aliphatic heterocycles. The van der Waals surface area contributed by atoms with Crippen molar-refractivity contribution in [2.45, 2.75) is 0 Å². The van der Waals surface area contributed by atoms with Crippen LogP contribution in [0, 0.1) is 10.1 Å². The van der Waals surface area contributed by atoms with Gasteiger partial charge in [-0.1, -0.05) is 12.1 Å². The second-order valence-electron chi connectivity index (χ2n) is 3.51. The SMILES string of the molecule is O=[N+]([O-])c1ccccc1N(CCO)C1=COCO1. The number of aliphatic hydroxyl groups excluding tert-OH is 1. The third-order valence-corrected chi connectivity index (χ3v) is 2.42. The van der Waals surface area contributed by atoms with Gasteiger partial charge in [0.2, 0.25) is 12.7 Å². The highest BCUT2D eigenvalue weighted by Crippen LogP contribution is 2.31. The van der Waals surface area contributed by atoms with Crippen LogP contribution in [0.2, 0.25) is 0 Å². The molecule has 0 fully saturated rings. The molecule has 0 radical (unpaired) electrons. The lowest BCUT2D eigenvalue weighted by Gasteiger charge is -2.22. The van der Waals surface area contributed by atoms with Gasteiger partial charge in [0.25, 0.3) is 5.69 Å². The Bertz CT molecular complexity index is 474. The molecule has 0 aromatic heterocycles. The Labute approximate surface area is 103 Å². The number of hydrogen-bond acceptors (Lipinski definition) is 6. The summed E-state index contributed by atoms with van der Waals surface area (Å²) in [6.07, 6.45) is 1.37. The lowest BCUT2D eigenvalue weighted by Crippen LogP contribution is -2.27. The van der Waals surface area contributed by atoms with Crippen LogP contribution in [-0.2, 0) is 9.47 Å². The van der Waals surface area contributed by atoms with E-state index in [9.17, 15) is 10.1 Å². The van der Waals surface area contributed by atoms with Crippen molar-refractivity contribution in [3.63, 3.8) is 0 Å². The first-order valence-corrected chi connectivity index (χ1v) is 5.30. The first-order valence-electron chi connectivity index (χ1n) is 5.30. The smallest absolute Gasteiger partial charge is 0.292 e. The molecule has 1 aromatic carbocycles. The average molecular weight is 252 g/mol. The molecule has 0 atom stereocenters. The van der Waals surface area contributed by atoms with Crippen LogP contribution in [0.4, 0.5) is 11.4 Å². The highest BCUT2D eigenvalue weighted by atomic mass is 16.7. The molecular formula is C11H12N2O5. The van der Waals surface area contributed by atoms with Gasteiger partial charge in [-0.05, 0) is 6.07 Å². The molecule has 0 saturated heterocycles. The molecule has 7 heteroatoms. The largest absolute Gasteiger partial charge is 0.459 e. The summed E-state index contributed by atoms with van der Waals surface area (Å²) in [6.45, 7) is 0.0880. The van der Waals surface area contributed by atoms with Crippen LogP contribution in [0.1, 0.15) is 0 Å². The summed E-state index contributed by atoms with van der Waals surface area (Å²) in [6, 6.07) is 6.26. The first kappa shape index (κ1) is 12.2. The van der Waals surface area contributed by atoms with Crippen molar-refractivity contribution >= 4 is 11.4 Å². The number of rotatable bonds is 5. The molecule has 0 saturated carbocycles. The van der Waals surface area contributed by atoms with E-state index in [0.717, 1.165) is 0 Å². The van der Waals surface area contributed by atoms with Crippen molar-refractivity contribution in [2.75, 3.05) is 24.8 Å². The second-order valence-corrected chi connectivity index (χ2v) is 3.51. The Hall–Kier alpha value is -2.28. The molecule has 0 spiro atoms. The molecule has 7 nitrogen and oxygen atoms in total. The van der Waals surface area contributed by atoms with E-state index in [1.54, 1.807) is 18.2 Å². The van der Waals surface area contributed by atoms with Gasteiger partial charge in [0.05, 0.1) is 11.5 Å². The molecule has 1 N–H and O–H groups in total. The van der Waals surface area contributed by atoms with E-state index in [1.807, 2.05) is 0 Å². The third-order valence-electron chi connectivity index (χ3n) is 2.42. The van der Waals surface area contributed by atoms with Crippen LogP contribution in [0.3, 0.4) is 0 Å². The quantitative estimate of drug-likeness (QED) is 0.626. The normalized spacial score (nSPS) is 13.5. The van der Waals surface area contributed by atoms with Gasteiger partial charge in [0.1, 0.15) is 11.9 Å². The number of para-hydroxylation sites is 2. The molecule has 1 aromatic rings. The minimum atomic E-state index is -0.476. The van der Waals surface area contributed by atoms with Crippen LogP contribution < -0.4 is 4.90 Å². The standard InChI is InChI=1S/C11H12N2O5/c14-6-5-12(11-7-17-8-18-11)9-3-1-2-4-10(9)13(15)16/h1-4,7,14H,5-6,8H2. The van der Waals surface area contributed by atoms with Gasteiger partial charge in [-0.3, -0.25) is 10.1 Å². The molecule has 0 bridgehead atoms. The highest BCUT2D eigenvalue weighted by Gasteiger charge is 2.24. The molecule has 0 unspecified atom stereocenters. The number of hydrogen-bond donors (Lipinski definition) is 1. The highest BCUT2D eigenvalue weighted by molar-refractivity contribution is 5.65. The van der Waals surface area contributed by atoms with E-state index in [2.05, 4.69) is 0 Å². The molecule has 2 rings (SSSR count). The predicted molar refractivity (Wildman–Crippen MR) is 62.6 cm³/mol. The molecule has 0 amide bonds. The number of ether oxygens (including phenoxy) is 2. The summed E-state index contributed by atoms with van der Waals surface area (Å²) in [5.74, 6) is 0.346. The Balaban J connectivity index is 2.38. The lowest BCUT2D eigenvalue weighted by molar-refractivity contribution is -0.384. The fraction of sp³-hybridized carbons (Fsp3) is 0.273. The van der Waals surface area contributed by atoms with Gasteiger partial charge in [0.15, 0.2) is 0 Å². The minimum Gasteiger partial charge on any atom is -0.459 e. The zero-order valence-corrected chi connectivity index (χ0v) is 9.48. The Kier molecular flexibility index (Phi) is 3.63. The van der Waals surface area contributed by atoms with Gasteiger partial charge < -0.3 is 19.5 Å². The number of anilines is 1. The maximum Gasteiger partial charge on any atom is 0.292 e. The number of nitro groups is 1. The Morgan fingerprint density at radius 2 is 2.22 bits per heavy atom. The number of nitro benzene ring substituents is 1. The molecule has 18 heavy (non-hydrogen) atoms. The van der Waals surface area contributed by atoms with Crippen LogP contribution in [0.25, 0.3) is 0 Å². The van der Waals surface area contributed by atoms with Crippen LogP contribution >= 0.6 is 0 Å². The van der Waals surface area contributed by atoms with Gasteiger partial charge in [-0.25, -0.2) is 0 Å². The third kappa shape index (κ3) is 2.35. The lowest BCUT2D eigenvalue weighted by atomic mass is 10.2. The van der Waals surface area contributed by atoms with E-state index in [0.29, 0.717) is 11.6 Å².